The van der Waals surface area contributed by atoms with Gasteiger partial charge in [0.15, 0.2) is 0 Å². The van der Waals surface area contributed by atoms with Crippen molar-refractivity contribution in [2.75, 3.05) is 4.90 Å². The van der Waals surface area contributed by atoms with Crippen LogP contribution in [0, 0.1) is 0 Å². The van der Waals surface area contributed by atoms with Gasteiger partial charge >= 0.3 is 0 Å². The first-order chi connectivity index (χ1) is 26.3. The van der Waals surface area contributed by atoms with Crippen molar-refractivity contribution in [2.45, 2.75) is 0 Å². The molecule has 0 bridgehead atoms. The molecule has 0 aliphatic heterocycles. The molecular weight excluding hydrogens is 679 g/mol. The number of thiophene rings is 2. The van der Waals surface area contributed by atoms with E-state index in [-0.39, 0.29) is 0 Å². The van der Waals surface area contributed by atoms with Crippen LogP contribution in [0.2, 0.25) is 0 Å². The summed E-state index contributed by atoms with van der Waals surface area (Å²) < 4.78 is 5.18. The third-order valence-corrected chi connectivity index (χ3v) is 13.0. The third-order valence-electron chi connectivity index (χ3n) is 10.6. The number of fused-ring (bicyclic) bond motifs is 9. The van der Waals surface area contributed by atoms with Crippen LogP contribution in [0.15, 0.2) is 188 Å². The summed E-state index contributed by atoms with van der Waals surface area (Å²) in [5.41, 5.74) is 8.51. The van der Waals surface area contributed by atoms with Crippen LogP contribution in [0.5, 0.6) is 0 Å². The van der Waals surface area contributed by atoms with Gasteiger partial charge in [0, 0.05) is 41.3 Å². The number of benzene rings is 9. The molecule has 0 atom stereocenters. The van der Waals surface area contributed by atoms with E-state index in [1.165, 1.54) is 95.5 Å². The molecule has 0 radical (unpaired) electrons. The van der Waals surface area contributed by atoms with Crippen molar-refractivity contribution in [1.29, 1.82) is 0 Å². The van der Waals surface area contributed by atoms with Crippen LogP contribution >= 0.6 is 22.7 Å². The molecule has 0 unspecified atom stereocenters. The third kappa shape index (κ3) is 4.89. The molecule has 248 valence electrons. The first kappa shape index (κ1) is 30.4. The largest absolute Gasteiger partial charge is 0.308 e. The van der Waals surface area contributed by atoms with Crippen LogP contribution in [0.25, 0.3) is 84.1 Å². The molecule has 0 fully saturated rings. The lowest BCUT2D eigenvalue weighted by Gasteiger charge is -2.28. The predicted molar refractivity (Wildman–Crippen MR) is 233 cm³/mol. The van der Waals surface area contributed by atoms with Crippen molar-refractivity contribution in [2.24, 2.45) is 0 Å². The molecule has 11 rings (SSSR count). The zero-order chi connectivity index (χ0) is 34.9. The van der Waals surface area contributed by atoms with Gasteiger partial charge in [-0.3, -0.25) is 0 Å². The van der Waals surface area contributed by atoms with Gasteiger partial charge in [0.25, 0.3) is 0 Å². The van der Waals surface area contributed by atoms with Gasteiger partial charge in [0.1, 0.15) is 0 Å². The van der Waals surface area contributed by atoms with Crippen molar-refractivity contribution in [3.8, 4) is 22.3 Å². The second-order valence-electron chi connectivity index (χ2n) is 13.7. The fourth-order valence-electron chi connectivity index (χ4n) is 8.15. The summed E-state index contributed by atoms with van der Waals surface area (Å²) in [7, 11) is 0. The summed E-state index contributed by atoms with van der Waals surface area (Å²) in [6.07, 6.45) is 0. The maximum Gasteiger partial charge on any atom is 0.0640 e. The Morgan fingerprint density at radius 3 is 1.87 bits per heavy atom. The molecule has 0 aliphatic rings. The van der Waals surface area contributed by atoms with E-state index < -0.39 is 0 Å². The monoisotopic (exact) mass is 709 g/mol. The lowest BCUT2D eigenvalue weighted by Crippen LogP contribution is -2.10. The summed E-state index contributed by atoms with van der Waals surface area (Å²) in [4.78, 5) is 2.54. The van der Waals surface area contributed by atoms with E-state index in [9.17, 15) is 0 Å². The lowest BCUT2D eigenvalue weighted by molar-refractivity contribution is 1.33. The van der Waals surface area contributed by atoms with Crippen LogP contribution in [-0.2, 0) is 0 Å². The summed E-state index contributed by atoms with van der Waals surface area (Å²) in [5.74, 6) is 0. The smallest absolute Gasteiger partial charge is 0.0640 e. The molecule has 0 amide bonds. The Morgan fingerprint density at radius 1 is 0.340 bits per heavy atom. The summed E-state index contributed by atoms with van der Waals surface area (Å²) in [5, 5.41) is 10.2. The SMILES string of the molecule is c1ccc(-c2ccc3c(c2)sc2c(N(c4ccc5ccc6ccccc6c5c4)c4ccc(-c5ccccc5)c5sc6ccccc6c45)cccc23)cc1. The molecule has 0 aliphatic carbocycles. The Hall–Kier alpha value is -6.26. The van der Waals surface area contributed by atoms with Gasteiger partial charge < -0.3 is 4.90 Å². The zero-order valence-corrected chi connectivity index (χ0v) is 30.3. The van der Waals surface area contributed by atoms with Gasteiger partial charge in [-0.05, 0) is 80.2 Å². The number of nitrogens with zero attached hydrogens (tertiary/aromatic N) is 1. The highest BCUT2D eigenvalue weighted by atomic mass is 32.1. The summed E-state index contributed by atoms with van der Waals surface area (Å²) in [6, 6.07) is 69.2. The van der Waals surface area contributed by atoms with Gasteiger partial charge in [-0.2, -0.15) is 0 Å². The van der Waals surface area contributed by atoms with Gasteiger partial charge in [-0.15, -0.1) is 22.7 Å². The standard InChI is InChI=1S/C50H31NS2/c1-3-12-32(13-4-1)36-25-27-40-41-19-11-20-45(49(41)53-47(40)30-36)51(37-26-24-35-23-22-34-16-7-8-17-38(34)43(35)31-37)44-29-28-39(33-14-5-2-6-15-33)50-48(44)42-18-9-10-21-46(42)52-50/h1-31H. The fraction of sp³-hybridized carbons (Fsp3) is 0. The maximum absolute atomic E-state index is 2.54. The lowest BCUT2D eigenvalue weighted by atomic mass is 9.98. The first-order valence-corrected chi connectivity index (χ1v) is 19.6. The Bertz CT molecular complexity index is 3170. The van der Waals surface area contributed by atoms with E-state index in [2.05, 4.69) is 193 Å². The first-order valence-electron chi connectivity index (χ1n) is 18.0. The molecule has 11 aromatic rings. The normalized spacial score (nSPS) is 11.8. The molecule has 53 heavy (non-hydrogen) atoms. The fourth-order valence-corrected chi connectivity index (χ4v) is 10.7. The number of anilines is 3. The molecule has 3 heteroatoms. The second-order valence-corrected chi connectivity index (χ2v) is 15.8. The van der Waals surface area contributed by atoms with E-state index in [0.717, 1.165) is 5.69 Å². The van der Waals surface area contributed by atoms with Gasteiger partial charge in [-0.1, -0.05) is 152 Å². The number of hydrogen-bond donors (Lipinski definition) is 0. The highest BCUT2D eigenvalue weighted by molar-refractivity contribution is 7.27. The van der Waals surface area contributed by atoms with Crippen molar-refractivity contribution < 1.29 is 0 Å². The molecular formula is C50H31NS2. The number of hydrogen-bond acceptors (Lipinski definition) is 3. The van der Waals surface area contributed by atoms with E-state index in [1.54, 1.807) is 0 Å². The Balaban J connectivity index is 1.23. The molecule has 0 N–H and O–H groups in total. The topological polar surface area (TPSA) is 3.24 Å². The van der Waals surface area contributed by atoms with Gasteiger partial charge in [0.2, 0.25) is 0 Å². The molecule has 9 aromatic carbocycles. The summed E-state index contributed by atoms with van der Waals surface area (Å²) >= 11 is 3.79. The zero-order valence-electron chi connectivity index (χ0n) is 28.7. The van der Waals surface area contributed by atoms with E-state index in [1.807, 2.05) is 22.7 Å². The van der Waals surface area contributed by atoms with Crippen molar-refractivity contribution in [3.05, 3.63) is 188 Å². The van der Waals surface area contributed by atoms with E-state index in [4.69, 9.17) is 0 Å². The minimum Gasteiger partial charge on any atom is -0.308 e. The van der Waals surface area contributed by atoms with Crippen molar-refractivity contribution >= 4 is 102 Å². The molecule has 2 aromatic heterocycles. The minimum absolute atomic E-state index is 1.15. The molecule has 0 spiro atoms. The van der Waals surface area contributed by atoms with Gasteiger partial charge in [-0.25, -0.2) is 0 Å². The Labute approximate surface area is 315 Å². The maximum atomic E-state index is 2.54. The highest BCUT2D eigenvalue weighted by Crippen LogP contribution is 2.51. The molecule has 0 saturated heterocycles. The molecule has 0 saturated carbocycles. The van der Waals surface area contributed by atoms with Crippen molar-refractivity contribution in [1.82, 2.24) is 0 Å². The summed E-state index contributed by atoms with van der Waals surface area (Å²) in [6.45, 7) is 0. The average Bonchev–Trinajstić information content (AvgIpc) is 3.81. The quantitative estimate of drug-likeness (QED) is 0.161. The number of rotatable bonds is 5. The Kier molecular flexibility index (Phi) is 6.97. The Morgan fingerprint density at radius 2 is 1.02 bits per heavy atom. The van der Waals surface area contributed by atoms with Crippen LogP contribution in [0.3, 0.4) is 0 Å². The van der Waals surface area contributed by atoms with E-state index >= 15 is 0 Å². The average molecular weight is 710 g/mol. The van der Waals surface area contributed by atoms with Crippen LogP contribution in [0.4, 0.5) is 17.1 Å². The second kappa shape index (κ2) is 12.2. The molecule has 2 heterocycles. The minimum atomic E-state index is 1.15. The van der Waals surface area contributed by atoms with Gasteiger partial charge in [0.05, 0.1) is 16.1 Å². The van der Waals surface area contributed by atoms with E-state index in [0.29, 0.717) is 0 Å². The molecule has 1 nitrogen and oxygen atoms in total. The van der Waals surface area contributed by atoms with Crippen LogP contribution < -0.4 is 4.90 Å². The highest BCUT2D eigenvalue weighted by Gasteiger charge is 2.24. The van der Waals surface area contributed by atoms with Crippen LogP contribution in [0.1, 0.15) is 0 Å². The van der Waals surface area contributed by atoms with Crippen LogP contribution in [-0.4, -0.2) is 0 Å². The van der Waals surface area contributed by atoms with Crippen molar-refractivity contribution in [3.63, 3.8) is 0 Å². The predicted octanol–water partition coefficient (Wildman–Crippen LogP) is 15.5.